The van der Waals surface area contributed by atoms with Crippen molar-refractivity contribution in [1.29, 1.82) is 0 Å². The van der Waals surface area contributed by atoms with Gasteiger partial charge in [-0.2, -0.15) is 0 Å². The molecule has 0 saturated carbocycles. The van der Waals surface area contributed by atoms with Gasteiger partial charge in [0.25, 0.3) is 0 Å². The third-order valence-corrected chi connectivity index (χ3v) is 6.08. The first-order valence-corrected chi connectivity index (χ1v) is 10.8. The predicted molar refractivity (Wildman–Crippen MR) is 113 cm³/mol. The first-order chi connectivity index (χ1) is 14.1. The summed E-state index contributed by atoms with van der Waals surface area (Å²) in [6, 6.07) is 6.18. The van der Waals surface area contributed by atoms with E-state index in [1.54, 1.807) is 6.92 Å². The van der Waals surface area contributed by atoms with Gasteiger partial charge in [-0.15, -0.1) is 0 Å². The Morgan fingerprint density at radius 2 is 1.97 bits per heavy atom. The van der Waals surface area contributed by atoms with Gasteiger partial charge in [0.05, 0.1) is 6.61 Å². The molecule has 4 rings (SSSR count). The van der Waals surface area contributed by atoms with E-state index in [-0.39, 0.29) is 11.5 Å². The highest BCUT2D eigenvalue weighted by Crippen LogP contribution is 2.29. The number of ether oxygens (including phenoxy) is 1. The van der Waals surface area contributed by atoms with Crippen LogP contribution in [0, 0.1) is 0 Å². The molecule has 0 spiro atoms. The minimum absolute atomic E-state index is 0.0589. The van der Waals surface area contributed by atoms with Gasteiger partial charge in [-0.1, -0.05) is 0 Å². The topological polar surface area (TPSA) is 71.8 Å². The van der Waals surface area contributed by atoms with Gasteiger partial charge in [0.2, 0.25) is 5.91 Å². The SMILES string of the molecule is CC(=O)NC1CCN(CCCOc2ccc3c4c(c(=O)oc3c2)CCCC4)CC1. The molecule has 0 radical (unpaired) electrons. The van der Waals surface area contributed by atoms with Crippen LogP contribution in [0.3, 0.4) is 0 Å². The van der Waals surface area contributed by atoms with Crippen molar-refractivity contribution in [3.8, 4) is 5.75 Å². The van der Waals surface area contributed by atoms with Crippen molar-refractivity contribution < 1.29 is 13.9 Å². The molecule has 2 aliphatic rings. The zero-order chi connectivity index (χ0) is 20.2. The first-order valence-electron chi connectivity index (χ1n) is 10.8. The van der Waals surface area contributed by atoms with E-state index >= 15 is 0 Å². The number of aryl methyl sites for hydroxylation is 1. The molecule has 1 saturated heterocycles. The van der Waals surface area contributed by atoms with Crippen LogP contribution < -0.4 is 15.7 Å². The van der Waals surface area contributed by atoms with Crippen LogP contribution in [-0.2, 0) is 17.6 Å². The average Bonchev–Trinajstić information content (AvgIpc) is 2.72. The van der Waals surface area contributed by atoms with Gasteiger partial charge in [-0.3, -0.25) is 4.79 Å². The summed E-state index contributed by atoms with van der Waals surface area (Å²) in [5.41, 5.74) is 2.47. The van der Waals surface area contributed by atoms with Crippen LogP contribution in [0.1, 0.15) is 50.2 Å². The fraction of sp³-hybridized carbons (Fsp3) is 0.565. The van der Waals surface area contributed by atoms with Gasteiger partial charge in [0.15, 0.2) is 0 Å². The Hall–Kier alpha value is -2.34. The van der Waals surface area contributed by atoms with E-state index in [1.165, 1.54) is 0 Å². The number of rotatable bonds is 6. The van der Waals surface area contributed by atoms with E-state index in [0.717, 1.165) is 86.8 Å². The second-order valence-electron chi connectivity index (χ2n) is 8.23. The quantitative estimate of drug-likeness (QED) is 0.598. The normalized spacial score (nSPS) is 17.8. The second kappa shape index (κ2) is 8.99. The molecule has 1 aliphatic heterocycles. The van der Waals surface area contributed by atoms with E-state index in [0.29, 0.717) is 18.2 Å². The molecule has 1 amide bonds. The van der Waals surface area contributed by atoms with Crippen LogP contribution in [0.15, 0.2) is 27.4 Å². The predicted octanol–water partition coefficient (Wildman–Crippen LogP) is 3.04. The number of likely N-dealkylation sites (tertiary alicyclic amines) is 1. The zero-order valence-electron chi connectivity index (χ0n) is 17.2. The fourth-order valence-corrected chi connectivity index (χ4v) is 4.58. The monoisotopic (exact) mass is 398 g/mol. The molecular formula is C23H30N2O4. The van der Waals surface area contributed by atoms with Gasteiger partial charge in [0.1, 0.15) is 11.3 Å². The van der Waals surface area contributed by atoms with Crippen LogP contribution in [0.4, 0.5) is 0 Å². The number of fused-ring (bicyclic) bond motifs is 3. The molecule has 1 aliphatic carbocycles. The maximum Gasteiger partial charge on any atom is 0.339 e. The molecule has 1 N–H and O–H groups in total. The number of carbonyl (C=O) groups excluding carboxylic acids is 1. The Morgan fingerprint density at radius 3 is 2.72 bits per heavy atom. The van der Waals surface area contributed by atoms with Gasteiger partial charge in [-0.05, 0) is 62.6 Å². The van der Waals surface area contributed by atoms with Gasteiger partial charge >= 0.3 is 5.63 Å². The maximum absolute atomic E-state index is 12.3. The number of nitrogens with zero attached hydrogens (tertiary/aromatic N) is 1. The summed E-state index contributed by atoms with van der Waals surface area (Å²) in [7, 11) is 0. The number of piperidine rings is 1. The van der Waals surface area contributed by atoms with Crippen molar-refractivity contribution in [2.75, 3.05) is 26.2 Å². The molecule has 156 valence electrons. The van der Waals surface area contributed by atoms with Gasteiger partial charge < -0.3 is 19.4 Å². The van der Waals surface area contributed by atoms with E-state index in [4.69, 9.17) is 9.15 Å². The van der Waals surface area contributed by atoms with Crippen molar-refractivity contribution >= 4 is 16.9 Å². The molecule has 2 heterocycles. The number of carbonyl (C=O) groups is 1. The van der Waals surface area contributed by atoms with Crippen LogP contribution in [-0.4, -0.2) is 43.1 Å². The minimum Gasteiger partial charge on any atom is -0.493 e. The standard InChI is InChI=1S/C23H30N2O4/c1-16(26)24-17-9-12-25(13-10-17)11-4-14-28-18-7-8-20-19-5-2-3-6-21(19)23(27)29-22(20)15-18/h7-8,15,17H,2-6,9-14H2,1H3,(H,24,26). The van der Waals surface area contributed by atoms with Crippen molar-refractivity contribution in [1.82, 2.24) is 10.2 Å². The van der Waals surface area contributed by atoms with Crippen molar-refractivity contribution in [2.45, 2.75) is 57.9 Å². The molecule has 1 aromatic carbocycles. The highest BCUT2D eigenvalue weighted by molar-refractivity contribution is 5.82. The lowest BCUT2D eigenvalue weighted by atomic mass is 9.91. The van der Waals surface area contributed by atoms with Crippen molar-refractivity contribution in [2.24, 2.45) is 0 Å². The average molecular weight is 399 g/mol. The van der Waals surface area contributed by atoms with E-state index in [9.17, 15) is 9.59 Å². The first kappa shape index (κ1) is 20.0. The summed E-state index contributed by atoms with van der Waals surface area (Å²) >= 11 is 0. The third kappa shape index (κ3) is 4.81. The Bertz CT molecular complexity index is 928. The summed E-state index contributed by atoms with van der Waals surface area (Å²) in [5, 5.41) is 4.06. The van der Waals surface area contributed by atoms with E-state index < -0.39 is 0 Å². The zero-order valence-corrected chi connectivity index (χ0v) is 17.2. The third-order valence-electron chi connectivity index (χ3n) is 6.08. The largest absolute Gasteiger partial charge is 0.493 e. The van der Waals surface area contributed by atoms with Crippen LogP contribution >= 0.6 is 0 Å². The number of hydrogen-bond acceptors (Lipinski definition) is 5. The molecular weight excluding hydrogens is 368 g/mol. The number of nitrogens with one attached hydrogen (secondary N) is 1. The molecule has 29 heavy (non-hydrogen) atoms. The molecule has 1 aromatic heterocycles. The van der Waals surface area contributed by atoms with Crippen molar-refractivity contribution in [3.05, 3.63) is 39.7 Å². The number of benzene rings is 1. The minimum atomic E-state index is -0.188. The lowest BCUT2D eigenvalue weighted by Crippen LogP contribution is -2.44. The Kier molecular flexibility index (Phi) is 6.19. The highest BCUT2D eigenvalue weighted by Gasteiger charge is 2.20. The lowest BCUT2D eigenvalue weighted by Gasteiger charge is -2.32. The van der Waals surface area contributed by atoms with E-state index in [2.05, 4.69) is 10.2 Å². The molecule has 6 nitrogen and oxygen atoms in total. The van der Waals surface area contributed by atoms with Gasteiger partial charge in [0, 0.05) is 49.6 Å². The summed E-state index contributed by atoms with van der Waals surface area (Å²) in [4.78, 5) is 25.8. The molecule has 1 fully saturated rings. The molecule has 0 unspecified atom stereocenters. The Morgan fingerprint density at radius 1 is 1.21 bits per heavy atom. The second-order valence-corrected chi connectivity index (χ2v) is 8.23. The lowest BCUT2D eigenvalue weighted by molar-refractivity contribution is -0.119. The number of hydrogen-bond donors (Lipinski definition) is 1. The fourth-order valence-electron chi connectivity index (χ4n) is 4.58. The van der Waals surface area contributed by atoms with Crippen LogP contribution in [0.25, 0.3) is 11.0 Å². The number of amides is 1. The summed E-state index contributed by atoms with van der Waals surface area (Å²) in [6.07, 6.45) is 6.94. The molecule has 0 atom stereocenters. The summed E-state index contributed by atoms with van der Waals surface area (Å²) < 4.78 is 11.5. The van der Waals surface area contributed by atoms with E-state index in [1.807, 2.05) is 18.2 Å². The molecule has 2 aromatic rings. The molecule has 0 bridgehead atoms. The van der Waals surface area contributed by atoms with Crippen LogP contribution in [0.2, 0.25) is 0 Å². The Labute approximate surface area is 171 Å². The summed E-state index contributed by atoms with van der Waals surface area (Å²) in [5.74, 6) is 0.810. The smallest absolute Gasteiger partial charge is 0.339 e. The molecule has 6 heteroatoms. The highest BCUT2D eigenvalue weighted by atomic mass is 16.5. The van der Waals surface area contributed by atoms with Crippen molar-refractivity contribution in [3.63, 3.8) is 0 Å². The summed E-state index contributed by atoms with van der Waals surface area (Å²) in [6.45, 7) is 5.22. The van der Waals surface area contributed by atoms with Crippen LogP contribution in [0.5, 0.6) is 5.75 Å². The maximum atomic E-state index is 12.3. The Balaban J connectivity index is 1.28. The van der Waals surface area contributed by atoms with Gasteiger partial charge in [-0.25, -0.2) is 4.79 Å².